The van der Waals surface area contributed by atoms with Crippen LogP contribution in [0.4, 0.5) is 5.95 Å². The number of carboxylic acid groups (broad SMARTS) is 1. The van der Waals surface area contributed by atoms with E-state index < -0.39 is 5.97 Å². The van der Waals surface area contributed by atoms with Crippen molar-refractivity contribution in [1.82, 2.24) is 25.3 Å². The fourth-order valence-electron chi connectivity index (χ4n) is 4.68. The van der Waals surface area contributed by atoms with Gasteiger partial charge in [-0.1, -0.05) is 42.5 Å². The van der Waals surface area contributed by atoms with Gasteiger partial charge in [0.25, 0.3) is 0 Å². The monoisotopic (exact) mass is 564 g/mol. The van der Waals surface area contributed by atoms with E-state index in [9.17, 15) is 9.90 Å². The van der Waals surface area contributed by atoms with Crippen molar-refractivity contribution in [3.8, 4) is 28.4 Å². The van der Waals surface area contributed by atoms with Crippen molar-refractivity contribution >= 4 is 43.7 Å². The van der Waals surface area contributed by atoms with Crippen LogP contribution in [0, 0.1) is 6.92 Å². The first-order valence-electron chi connectivity index (χ1n) is 12.5. The molecule has 3 aromatic heterocycles. The molecule has 0 radical (unpaired) electrons. The molecule has 1 N–H and O–H groups in total. The van der Waals surface area contributed by atoms with Crippen molar-refractivity contribution < 1.29 is 66.0 Å². The Balaban J connectivity index is 0.00000308. The summed E-state index contributed by atoms with van der Waals surface area (Å²) >= 11 is 1.52. The van der Waals surface area contributed by atoms with Crippen molar-refractivity contribution in [3.63, 3.8) is 0 Å². The van der Waals surface area contributed by atoms with Crippen LogP contribution in [0.2, 0.25) is 0 Å². The van der Waals surface area contributed by atoms with E-state index in [1.54, 1.807) is 12.1 Å². The Labute approximate surface area is 272 Å². The smallest absolute Gasteiger partial charge is 0.545 e. The van der Waals surface area contributed by atoms with Crippen LogP contribution in [0.3, 0.4) is 0 Å². The minimum atomic E-state index is -1.19. The van der Waals surface area contributed by atoms with Crippen LogP contribution in [0.15, 0.2) is 48.5 Å². The average molecular weight is 565 g/mol. The molecule has 6 rings (SSSR count). The number of benzene rings is 2. The predicted molar refractivity (Wildman–Crippen MR) is 147 cm³/mol. The van der Waals surface area contributed by atoms with Crippen LogP contribution >= 0.6 is 11.3 Å². The van der Waals surface area contributed by atoms with Gasteiger partial charge in [-0.15, -0.1) is 11.3 Å². The number of ether oxygens (including phenoxy) is 1. The minimum absolute atomic E-state index is 0. The molecule has 0 aliphatic carbocycles. The van der Waals surface area contributed by atoms with Crippen LogP contribution in [0.5, 0.6) is 5.88 Å². The number of hydrogen-bond donors (Lipinski definition) is 1. The molecule has 39 heavy (non-hydrogen) atoms. The van der Waals surface area contributed by atoms with Crippen LogP contribution in [0.1, 0.15) is 23.0 Å². The Bertz CT molecular complexity index is 1670. The van der Waals surface area contributed by atoms with Gasteiger partial charge in [0, 0.05) is 31.7 Å². The van der Waals surface area contributed by atoms with Gasteiger partial charge in [0.1, 0.15) is 15.0 Å². The first-order chi connectivity index (χ1) is 18.5. The van der Waals surface area contributed by atoms with E-state index in [-0.39, 0.29) is 56.9 Å². The molecule has 5 aromatic rings. The van der Waals surface area contributed by atoms with E-state index in [0.29, 0.717) is 24.3 Å². The number of aryl methyl sites for hydroxylation is 1. The van der Waals surface area contributed by atoms with Gasteiger partial charge in [-0.2, -0.15) is 4.98 Å². The molecule has 1 saturated heterocycles. The number of aromatic nitrogens is 4. The van der Waals surface area contributed by atoms with Crippen molar-refractivity contribution in [1.29, 1.82) is 0 Å². The summed E-state index contributed by atoms with van der Waals surface area (Å²) in [6.45, 7) is 7.90. The molecule has 4 heterocycles. The standard InChI is InChI=1S/C28H26N6O3S.K/c1-3-37-25-23-22(31-28(33-25)34-13-11-29-12-14-34)21-16(2)30-24(32-26(21)38-23)18-9-7-17(8-10-18)19-5-4-6-20(15-19)27(35)36;/h4-10,15,29H,3,11-14H2,1-2H3,(H,35,36);/q;+1/p-1. The maximum Gasteiger partial charge on any atom is 1.00 e. The van der Waals surface area contributed by atoms with Crippen molar-refractivity contribution in [2.75, 3.05) is 37.7 Å². The Morgan fingerprint density at radius 2 is 1.77 bits per heavy atom. The quantitative estimate of drug-likeness (QED) is 0.294. The molecular formula is C28H25KN6O3S. The number of aromatic carboxylic acids is 1. The molecule has 2 aromatic carbocycles. The number of fused-ring (bicyclic) bond motifs is 3. The van der Waals surface area contributed by atoms with Gasteiger partial charge < -0.3 is 24.9 Å². The van der Waals surface area contributed by atoms with Gasteiger partial charge in [-0.3, -0.25) is 0 Å². The number of carbonyl (C=O) groups excluding carboxylic acids is 1. The van der Waals surface area contributed by atoms with Crippen LogP contribution in [-0.4, -0.2) is 58.7 Å². The van der Waals surface area contributed by atoms with Crippen LogP contribution in [-0.2, 0) is 0 Å². The molecule has 0 spiro atoms. The zero-order valence-corrected chi connectivity index (χ0v) is 26.0. The number of hydrogen-bond acceptors (Lipinski definition) is 10. The molecule has 1 aliphatic heterocycles. The molecular weight excluding hydrogens is 540 g/mol. The van der Waals surface area contributed by atoms with E-state index >= 15 is 0 Å². The number of thiophene rings is 1. The predicted octanol–water partition coefficient (Wildman–Crippen LogP) is 0.453. The van der Waals surface area contributed by atoms with E-state index in [2.05, 4.69) is 10.2 Å². The second kappa shape index (κ2) is 11.9. The summed E-state index contributed by atoms with van der Waals surface area (Å²) in [5.74, 6) is 0.674. The van der Waals surface area contributed by atoms with E-state index in [1.165, 1.54) is 17.4 Å². The SMILES string of the molecule is CCOc1nc(N2CCNCC2)nc2c1sc1nc(-c3ccc(-c4cccc(C(=O)[O-])c4)cc3)nc(C)c12.[K+]. The second-order valence-electron chi connectivity index (χ2n) is 9.04. The van der Waals surface area contributed by atoms with Gasteiger partial charge in [0.2, 0.25) is 11.8 Å². The summed E-state index contributed by atoms with van der Waals surface area (Å²) in [5, 5.41) is 15.5. The summed E-state index contributed by atoms with van der Waals surface area (Å²) in [4.78, 5) is 33.7. The molecule has 9 nitrogen and oxygen atoms in total. The number of nitrogens with zero attached hydrogens (tertiary/aromatic N) is 5. The number of rotatable bonds is 6. The summed E-state index contributed by atoms with van der Waals surface area (Å²) < 4.78 is 6.82. The largest absolute Gasteiger partial charge is 1.00 e. The normalized spacial score (nSPS) is 13.4. The number of carboxylic acids is 1. The maximum atomic E-state index is 11.2. The summed E-state index contributed by atoms with van der Waals surface area (Å²) in [5.41, 5.74) is 4.38. The van der Waals surface area contributed by atoms with Crippen molar-refractivity contribution in [2.45, 2.75) is 13.8 Å². The molecule has 192 valence electrons. The van der Waals surface area contributed by atoms with E-state index in [0.717, 1.165) is 69.0 Å². The molecule has 0 saturated carbocycles. The first kappa shape index (κ1) is 28.0. The molecule has 0 unspecified atom stereocenters. The Kier molecular flexibility index (Phi) is 8.57. The third kappa shape index (κ3) is 5.57. The summed E-state index contributed by atoms with van der Waals surface area (Å²) in [7, 11) is 0. The second-order valence-corrected chi connectivity index (χ2v) is 10.0. The van der Waals surface area contributed by atoms with Gasteiger partial charge in [0.15, 0.2) is 5.82 Å². The topological polar surface area (TPSA) is 116 Å². The Morgan fingerprint density at radius 3 is 2.49 bits per heavy atom. The third-order valence-electron chi connectivity index (χ3n) is 6.57. The Morgan fingerprint density at radius 1 is 1.03 bits per heavy atom. The zero-order valence-electron chi connectivity index (χ0n) is 22.0. The minimum Gasteiger partial charge on any atom is -0.545 e. The maximum absolute atomic E-state index is 11.2. The van der Waals surface area contributed by atoms with Crippen LogP contribution < -0.4 is 71.4 Å². The van der Waals surface area contributed by atoms with E-state index in [4.69, 9.17) is 24.7 Å². The van der Waals surface area contributed by atoms with Crippen molar-refractivity contribution in [3.05, 3.63) is 59.8 Å². The molecule has 0 amide bonds. The van der Waals surface area contributed by atoms with Gasteiger partial charge in [0.05, 0.1) is 23.7 Å². The van der Waals surface area contributed by atoms with Gasteiger partial charge >= 0.3 is 51.4 Å². The van der Waals surface area contributed by atoms with Crippen LogP contribution in [0.25, 0.3) is 42.9 Å². The molecule has 0 bridgehead atoms. The first-order valence-corrected chi connectivity index (χ1v) is 13.3. The number of carbonyl (C=O) groups is 1. The number of nitrogens with one attached hydrogen (secondary N) is 1. The molecule has 1 aliphatic rings. The molecule has 1 fully saturated rings. The fraction of sp³-hybridized carbons (Fsp3) is 0.250. The summed E-state index contributed by atoms with van der Waals surface area (Å²) in [6, 6.07) is 14.5. The van der Waals surface area contributed by atoms with E-state index in [1.807, 2.05) is 44.2 Å². The van der Waals surface area contributed by atoms with Gasteiger partial charge in [-0.05, 0) is 36.6 Å². The fourth-order valence-corrected chi connectivity index (χ4v) is 5.79. The number of piperazine rings is 1. The molecule has 0 atom stereocenters. The zero-order chi connectivity index (χ0) is 26.2. The summed E-state index contributed by atoms with van der Waals surface area (Å²) in [6.07, 6.45) is 0. The van der Waals surface area contributed by atoms with Crippen molar-refractivity contribution in [2.24, 2.45) is 0 Å². The average Bonchev–Trinajstić information content (AvgIpc) is 3.33. The number of anilines is 1. The molecule has 11 heteroatoms. The third-order valence-corrected chi connectivity index (χ3v) is 7.63. The Hall–Kier alpha value is -2.51. The van der Waals surface area contributed by atoms with Gasteiger partial charge in [-0.25, -0.2) is 15.0 Å².